The van der Waals surface area contributed by atoms with Gasteiger partial charge in [-0.25, -0.2) is 8.42 Å². The number of carbonyl (C=O) groups is 1. The van der Waals surface area contributed by atoms with Crippen molar-refractivity contribution in [2.75, 3.05) is 11.1 Å². The van der Waals surface area contributed by atoms with Crippen molar-refractivity contribution in [1.29, 1.82) is 0 Å². The zero-order chi connectivity index (χ0) is 24.0. The van der Waals surface area contributed by atoms with Gasteiger partial charge in [0.05, 0.1) is 34.0 Å². The fourth-order valence-corrected chi connectivity index (χ4v) is 4.70. The number of fused-ring (bicyclic) bond motifs is 1. The highest BCUT2D eigenvalue weighted by Crippen LogP contribution is 2.37. The number of hydrogen-bond acceptors (Lipinski definition) is 5. The summed E-state index contributed by atoms with van der Waals surface area (Å²) < 4.78 is 36.3. The Hall–Kier alpha value is -2.62. The normalized spacial score (nSPS) is 17.4. The second kappa shape index (κ2) is 8.31. The van der Waals surface area contributed by atoms with Gasteiger partial charge in [0.15, 0.2) is 9.84 Å². The van der Waals surface area contributed by atoms with Gasteiger partial charge < -0.3 is 19.6 Å². The maximum absolute atomic E-state index is 12.7. The molecule has 1 fully saturated rings. The molecule has 3 aromatic rings. The van der Waals surface area contributed by atoms with Gasteiger partial charge in [0.1, 0.15) is 0 Å². The minimum atomic E-state index is -3.26. The second-order valence-electron chi connectivity index (χ2n) is 9.33. The van der Waals surface area contributed by atoms with Crippen LogP contribution in [0.4, 0.5) is 5.69 Å². The first-order valence-electron chi connectivity index (χ1n) is 11.0. The number of carbonyl (C=O) groups excluding carboxylic acids is 1. The van der Waals surface area contributed by atoms with Crippen LogP contribution < -0.4 is 10.8 Å². The molecule has 0 radical (unpaired) electrons. The average molecular weight is 468 g/mol. The summed E-state index contributed by atoms with van der Waals surface area (Å²) in [6, 6.07) is 12.1. The highest BCUT2D eigenvalue weighted by atomic mass is 32.2. The van der Waals surface area contributed by atoms with Crippen LogP contribution in [0, 0.1) is 0 Å². The SMILES string of the molecule is CCS(=O)(=O)c1ccc(CC(=O)Nc2ccc(B3OC(C)(C)C(C)(C)O3)c3[nH]ccc23)cc1. The predicted molar refractivity (Wildman–Crippen MR) is 131 cm³/mol. The zero-order valence-corrected chi connectivity index (χ0v) is 20.4. The van der Waals surface area contributed by atoms with Gasteiger partial charge in [-0.15, -0.1) is 0 Å². The maximum Gasteiger partial charge on any atom is 0.497 e. The van der Waals surface area contributed by atoms with Gasteiger partial charge in [0.2, 0.25) is 5.91 Å². The Morgan fingerprint density at radius 1 is 1.00 bits per heavy atom. The molecular formula is C24H29BN2O5S. The van der Waals surface area contributed by atoms with Crippen LogP contribution in [0.5, 0.6) is 0 Å². The van der Waals surface area contributed by atoms with E-state index in [2.05, 4.69) is 10.3 Å². The van der Waals surface area contributed by atoms with Gasteiger partial charge in [0.25, 0.3) is 0 Å². The molecule has 1 saturated heterocycles. The van der Waals surface area contributed by atoms with Gasteiger partial charge >= 0.3 is 7.12 Å². The Kier molecular flexibility index (Phi) is 5.93. The Balaban J connectivity index is 1.52. The van der Waals surface area contributed by atoms with E-state index >= 15 is 0 Å². The Labute approximate surface area is 194 Å². The third-order valence-corrected chi connectivity index (χ3v) is 8.31. The standard InChI is InChI=1S/C24H29BN2O5S/c1-6-33(29,30)17-9-7-16(8-10-17)15-21(28)27-20-12-11-19(22-18(20)13-14-26-22)25-31-23(2,3)24(4,5)32-25/h7-14,26H,6,15H2,1-5H3,(H,27,28). The van der Waals surface area contributed by atoms with E-state index in [0.29, 0.717) is 5.69 Å². The van der Waals surface area contributed by atoms with Crippen LogP contribution in [0.25, 0.3) is 10.9 Å². The molecule has 0 bridgehead atoms. The number of rotatable bonds is 6. The summed E-state index contributed by atoms with van der Waals surface area (Å²) in [4.78, 5) is 16.2. The molecule has 0 saturated carbocycles. The molecule has 4 rings (SSSR count). The largest absolute Gasteiger partial charge is 0.497 e. The van der Waals surface area contributed by atoms with E-state index in [-0.39, 0.29) is 23.0 Å². The summed E-state index contributed by atoms with van der Waals surface area (Å²) in [6.07, 6.45) is 1.96. The van der Waals surface area contributed by atoms with Crippen molar-refractivity contribution in [2.45, 2.75) is 57.1 Å². The first-order chi connectivity index (χ1) is 15.4. The van der Waals surface area contributed by atoms with Gasteiger partial charge in [-0.3, -0.25) is 4.79 Å². The molecule has 2 aromatic carbocycles. The number of anilines is 1. The lowest BCUT2D eigenvalue weighted by molar-refractivity contribution is -0.115. The van der Waals surface area contributed by atoms with E-state index < -0.39 is 28.2 Å². The van der Waals surface area contributed by atoms with Crippen LogP contribution in [-0.4, -0.2) is 43.4 Å². The maximum atomic E-state index is 12.7. The van der Waals surface area contributed by atoms with Crippen LogP contribution in [0.3, 0.4) is 0 Å². The van der Waals surface area contributed by atoms with Crippen LogP contribution in [0.1, 0.15) is 40.2 Å². The predicted octanol–water partition coefficient (Wildman–Crippen LogP) is 3.44. The molecule has 0 unspecified atom stereocenters. The van der Waals surface area contributed by atoms with Gasteiger partial charge in [-0.2, -0.15) is 0 Å². The molecule has 33 heavy (non-hydrogen) atoms. The van der Waals surface area contributed by atoms with E-state index in [9.17, 15) is 13.2 Å². The van der Waals surface area contributed by atoms with E-state index in [0.717, 1.165) is 21.9 Å². The topological polar surface area (TPSA) is 97.5 Å². The molecule has 9 heteroatoms. The van der Waals surface area contributed by atoms with Gasteiger partial charge in [-0.05, 0) is 57.5 Å². The fourth-order valence-electron chi connectivity index (χ4n) is 3.82. The summed E-state index contributed by atoms with van der Waals surface area (Å²) in [5.41, 5.74) is 2.24. The summed E-state index contributed by atoms with van der Waals surface area (Å²) in [6.45, 7) is 9.65. The average Bonchev–Trinajstić information content (AvgIpc) is 3.31. The lowest BCUT2D eigenvalue weighted by atomic mass is 9.77. The highest BCUT2D eigenvalue weighted by Gasteiger charge is 2.52. The molecule has 0 spiro atoms. The van der Waals surface area contributed by atoms with Crippen LogP contribution in [-0.2, 0) is 30.4 Å². The zero-order valence-electron chi connectivity index (χ0n) is 19.6. The number of benzene rings is 2. The number of H-pyrrole nitrogens is 1. The van der Waals surface area contributed by atoms with E-state index in [1.807, 2.05) is 52.1 Å². The summed E-state index contributed by atoms with van der Waals surface area (Å²) >= 11 is 0. The van der Waals surface area contributed by atoms with Crippen molar-refractivity contribution < 1.29 is 22.5 Å². The molecule has 1 aliphatic rings. The van der Waals surface area contributed by atoms with Crippen molar-refractivity contribution in [3.8, 4) is 0 Å². The van der Waals surface area contributed by atoms with Crippen LogP contribution in [0.15, 0.2) is 53.6 Å². The number of sulfone groups is 1. The van der Waals surface area contributed by atoms with Crippen molar-refractivity contribution in [3.05, 3.63) is 54.2 Å². The summed E-state index contributed by atoms with van der Waals surface area (Å²) in [5.74, 6) is -0.145. The lowest BCUT2D eigenvalue weighted by Crippen LogP contribution is -2.41. The minimum absolute atomic E-state index is 0.0431. The quantitative estimate of drug-likeness (QED) is 0.541. The summed E-state index contributed by atoms with van der Waals surface area (Å²) in [7, 11) is -3.78. The number of amides is 1. The Bertz CT molecular complexity index is 1280. The molecule has 0 atom stereocenters. The van der Waals surface area contributed by atoms with Crippen molar-refractivity contribution in [1.82, 2.24) is 4.98 Å². The van der Waals surface area contributed by atoms with Crippen molar-refractivity contribution in [3.63, 3.8) is 0 Å². The molecule has 1 aliphatic heterocycles. The van der Waals surface area contributed by atoms with Gasteiger partial charge in [-0.1, -0.05) is 25.1 Å². The monoisotopic (exact) mass is 468 g/mol. The van der Waals surface area contributed by atoms with Crippen LogP contribution >= 0.6 is 0 Å². The second-order valence-corrected chi connectivity index (χ2v) is 11.6. The first kappa shape index (κ1) is 23.5. The number of nitrogens with one attached hydrogen (secondary N) is 2. The van der Waals surface area contributed by atoms with E-state index in [4.69, 9.17) is 9.31 Å². The van der Waals surface area contributed by atoms with Crippen molar-refractivity contribution in [2.24, 2.45) is 0 Å². The molecule has 7 nitrogen and oxygen atoms in total. The molecule has 174 valence electrons. The minimum Gasteiger partial charge on any atom is -0.399 e. The fraction of sp³-hybridized carbons (Fsp3) is 0.375. The summed E-state index contributed by atoms with van der Waals surface area (Å²) in [5, 5.41) is 3.83. The van der Waals surface area contributed by atoms with Crippen molar-refractivity contribution >= 4 is 44.9 Å². The number of aromatic amines is 1. The lowest BCUT2D eigenvalue weighted by Gasteiger charge is -2.32. The van der Waals surface area contributed by atoms with E-state index in [1.54, 1.807) is 31.2 Å². The highest BCUT2D eigenvalue weighted by molar-refractivity contribution is 7.91. The van der Waals surface area contributed by atoms with Crippen LogP contribution in [0.2, 0.25) is 0 Å². The van der Waals surface area contributed by atoms with Gasteiger partial charge in [0, 0.05) is 22.6 Å². The third kappa shape index (κ3) is 4.45. The smallest absolute Gasteiger partial charge is 0.399 e. The Morgan fingerprint density at radius 3 is 2.24 bits per heavy atom. The molecule has 2 N–H and O–H groups in total. The molecular weight excluding hydrogens is 439 g/mol. The Morgan fingerprint density at radius 2 is 1.64 bits per heavy atom. The molecule has 0 aliphatic carbocycles. The number of hydrogen-bond donors (Lipinski definition) is 2. The van der Waals surface area contributed by atoms with E-state index in [1.165, 1.54) is 0 Å². The third-order valence-electron chi connectivity index (χ3n) is 6.56. The molecule has 1 aromatic heterocycles. The molecule has 1 amide bonds. The first-order valence-corrected chi connectivity index (χ1v) is 12.7. The number of aromatic nitrogens is 1. The molecule has 2 heterocycles.